The van der Waals surface area contributed by atoms with Crippen molar-refractivity contribution in [3.63, 3.8) is 0 Å². The Bertz CT molecular complexity index is 629. The van der Waals surface area contributed by atoms with Crippen molar-refractivity contribution in [2.24, 2.45) is 0 Å². The zero-order valence-corrected chi connectivity index (χ0v) is 17.5. The Hall–Kier alpha value is -1.92. The molecule has 27 heavy (non-hydrogen) atoms. The summed E-state index contributed by atoms with van der Waals surface area (Å²) in [5.41, 5.74) is 2.31. The number of benzene rings is 1. The number of carbonyl (C=O) groups excluding carboxylic acids is 2. The van der Waals surface area contributed by atoms with Crippen LogP contribution < -0.4 is 15.1 Å². The molecule has 1 aromatic rings. The van der Waals surface area contributed by atoms with Gasteiger partial charge in [0.2, 0.25) is 0 Å². The SMILES string of the molecule is Cc1ccc(C[NH+](C)CC(=O)N2CC[NH+](CC(=O)NC(C)(C)C)CC2)cc1. The molecule has 0 bridgehead atoms. The van der Waals surface area contributed by atoms with E-state index >= 15 is 0 Å². The van der Waals surface area contributed by atoms with E-state index < -0.39 is 0 Å². The van der Waals surface area contributed by atoms with Gasteiger partial charge in [-0.2, -0.15) is 0 Å². The monoisotopic (exact) mass is 376 g/mol. The summed E-state index contributed by atoms with van der Waals surface area (Å²) in [6.45, 7) is 13.0. The average molecular weight is 377 g/mol. The molecule has 6 nitrogen and oxygen atoms in total. The van der Waals surface area contributed by atoms with E-state index in [0.29, 0.717) is 13.1 Å². The zero-order chi connectivity index (χ0) is 20.0. The van der Waals surface area contributed by atoms with Crippen molar-refractivity contribution in [1.29, 1.82) is 0 Å². The van der Waals surface area contributed by atoms with Crippen molar-refractivity contribution in [2.75, 3.05) is 46.3 Å². The van der Waals surface area contributed by atoms with Crippen LogP contribution in [0.5, 0.6) is 0 Å². The number of nitrogens with zero attached hydrogens (tertiary/aromatic N) is 1. The summed E-state index contributed by atoms with van der Waals surface area (Å²) in [6, 6.07) is 8.49. The first-order valence-corrected chi connectivity index (χ1v) is 9.91. The smallest absolute Gasteiger partial charge is 0.278 e. The van der Waals surface area contributed by atoms with E-state index in [0.717, 1.165) is 32.7 Å². The first kappa shape index (κ1) is 21.4. The van der Waals surface area contributed by atoms with Gasteiger partial charge >= 0.3 is 0 Å². The zero-order valence-electron chi connectivity index (χ0n) is 17.5. The second kappa shape index (κ2) is 9.33. The third-order valence-electron chi connectivity index (χ3n) is 4.83. The molecule has 0 radical (unpaired) electrons. The highest BCUT2D eigenvalue weighted by Gasteiger charge is 2.27. The Morgan fingerprint density at radius 3 is 2.30 bits per heavy atom. The van der Waals surface area contributed by atoms with Crippen molar-refractivity contribution in [3.8, 4) is 0 Å². The molecular formula is C21H36N4O2+2. The van der Waals surface area contributed by atoms with Crippen molar-refractivity contribution in [3.05, 3.63) is 35.4 Å². The van der Waals surface area contributed by atoms with E-state index in [2.05, 4.69) is 43.6 Å². The molecule has 1 atom stereocenters. The minimum atomic E-state index is -0.195. The molecule has 0 aromatic heterocycles. The van der Waals surface area contributed by atoms with Crippen molar-refractivity contribution in [1.82, 2.24) is 10.2 Å². The molecule has 3 N–H and O–H groups in total. The first-order valence-electron chi connectivity index (χ1n) is 9.91. The van der Waals surface area contributed by atoms with E-state index in [1.54, 1.807) is 0 Å². The van der Waals surface area contributed by atoms with Crippen LogP contribution in [0.3, 0.4) is 0 Å². The highest BCUT2D eigenvalue weighted by Crippen LogP contribution is 2.01. The van der Waals surface area contributed by atoms with Gasteiger partial charge in [-0.15, -0.1) is 0 Å². The topological polar surface area (TPSA) is 58.3 Å². The van der Waals surface area contributed by atoms with E-state index in [1.165, 1.54) is 20.9 Å². The number of carbonyl (C=O) groups is 2. The van der Waals surface area contributed by atoms with Crippen LogP contribution in [-0.4, -0.2) is 68.6 Å². The minimum absolute atomic E-state index is 0.0829. The van der Waals surface area contributed by atoms with Gasteiger partial charge in [-0.1, -0.05) is 29.8 Å². The molecule has 0 aliphatic carbocycles. The second-order valence-electron chi connectivity index (χ2n) is 8.90. The quantitative estimate of drug-likeness (QED) is 0.575. The van der Waals surface area contributed by atoms with Gasteiger partial charge in [-0.05, 0) is 27.7 Å². The summed E-state index contributed by atoms with van der Waals surface area (Å²) in [4.78, 5) is 29.0. The van der Waals surface area contributed by atoms with E-state index in [9.17, 15) is 9.59 Å². The number of hydrogen-bond donors (Lipinski definition) is 3. The Morgan fingerprint density at radius 2 is 1.74 bits per heavy atom. The van der Waals surface area contributed by atoms with Crippen LogP contribution in [0.1, 0.15) is 31.9 Å². The fraction of sp³-hybridized carbons (Fsp3) is 0.619. The van der Waals surface area contributed by atoms with Crippen molar-refractivity contribution in [2.45, 2.75) is 39.8 Å². The Morgan fingerprint density at radius 1 is 1.15 bits per heavy atom. The van der Waals surface area contributed by atoms with Gasteiger partial charge in [-0.3, -0.25) is 9.59 Å². The van der Waals surface area contributed by atoms with Gasteiger partial charge in [0.15, 0.2) is 13.1 Å². The Kier molecular flexibility index (Phi) is 7.39. The number of aryl methyl sites for hydroxylation is 1. The molecule has 2 amide bonds. The van der Waals surface area contributed by atoms with Gasteiger partial charge in [0.25, 0.3) is 11.8 Å². The fourth-order valence-corrected chi connectivity index (χ4v) is 3.43. The molecule has 1 heterocycles. The number of amides is 2. The summed E-state index contributed by atoms with van der Waals surface area (Å²) in [7, 11) is 2.07. The number of hydrogen-bond acceptors (Lipinski definition) is 2. The van der Waals surface area contributed by atoms with Crippen LogP contribution in [0.2, 0.25) is 0 Å². The van der Waals surface area contributed by atoms with E-state index in [1.807, 2.05) is 25.7 Å². The molecule has 1 unspecified atom stereocenters. The van der Waals surface area contributed by atoms with Crippen LogP contribution in [-0.2, 0) is 16.1 Å². The third-order valence-corrected chi connectivity index (χ3v) is 4.83. The van der Waals surface area contributed by atoms with E-state index in [-0.39, 0.29) is 17.4 Å². The number of likely N-dealkylation sites (N-methyl/N-ethyl adjacent to an activating group) is 1. The number of piperazine rings is 1. The number of nitrogens with one attached hydrogen (secondary N) is 3. The van der Waals surface area contributed by atoms with Crippen molar-refractivity contribution >= 4 is 11.8 Å². The Labute approximate surface area is 163 Å². The molecule has 1 aliphatic rings. The summed E-state index contributed by atoms with van der Waals surface area (Å²) in [5, 5.41) is 3.01. The maximum atomic E-state index is 12.6. The molecule has 150 valence electrons. The first-order chi connectivity index (χ1) is 12.6. The molecule has 2 rings (SSSR count). The van der Waals surface area contributed by atoms with Gasteiger partial charge in [0.1, 0.15) is 6.54 Å². The maximum Gasteiger partial charge on any atom is 0.278 e. The molecule has 1 aromatic carbocycles. The lowest BCUT2D eigenvalue weighted by Gasteiger charge is -2.32. The van der Waals surface area contributed by atoms with Crippen LogP contribution in [0.15, 0.2) is 24.3 Å². The maximum absolute atomic E-state index is 12.6. The van der Waals surface area contributed by atoms with E-state index in [4.69, 9.17) is 0 Å². The summed E-state index contributed by atoms with van der Waals surface area (Å²) in [6.07, 6.45) is 0. The van der Waals surface area contributed by atoms with Crippen LogP contribution >= 0.6 is 0 Å². The lowest BCUT2D eigenvalue weighted by atomic mass is 10.1. The molecular weight excluding hydrogens is 340 g/mol. The van der Waals surface area contributed by atoms with Gasteiger partial charge in [0.05, 0.1) is 33.2 Å². The van der Waals surface area contributed by atoms with Crippen LogP contribution in [0.25, 0.3) is 0 Å². The average Bonchev–Trinajstić information content (AvgIpc) is 2.55. The predicted octanol–water partition coefficient (Wildman–Crippen LogP) is -1.35. The standard InChI is InChI=1S/C21H34N4O2/c1-17-6-8-18(9-7-17)14-23(5)16-20(27)25-12-10-24(11-13-25)15-19(26)22-21(2,3)4/h6-9H,10-16H2,1-5H3,(H,22,26)/p+2. The van der Waals surface area contributed by atoms with Crippen LogP contribution in [0, 0.1) is 6.92 Å². The minimum Gasteiger partial charge on any atom is -0.347 e. The summed E-state index contributed by atoms with van der Waals surface area (Å²) in [5.74, 6) is 0.289. The molecule has 0 spiro atoms. The van der Waals surface area contributed by atoms with Gasteiger partial charge in [0, 0.05) is 11.1 Å². The number of rotatable bonds is 6. The molecule has 0 saturated carbocycles. The second-order valence-corrected chi connectivity index (χ2v) is 8.90. The highest BCUT2D eigenvalue weighted by atomic mass is 16.2. The molecule has 6 heteroatoms. The highest BCUT2D eigenvalue weighted by molar-refractivity contribution is 5.78. The van der Waals surface area contributed by atoms with Gasteiger partial charge in [-0.25, -0.2) is 0 Å². The fourth-order valence-electron chi connectivity index (χ4n) is 3.43. The predicted molar refractivity (Wildman–Crippen MR) is 107 cm³/mol. The summed E-state index contributed by atoms with van der Waals surface area (Å²) >= 11 is 0. The number of quaternary nitrogens is 2. The summed E-state index contributed by atoms with van der Waals surface area (Å²) < 4.78 is 0. The molecule has 1 fully saturated rings. The largest absolute Gasteiger partial charge is 0.347 e. The molecule has 1 saturated heterocycles. The normalized spacial score (nSPS) is 16.9. The lowest BCUT2D eigenvalue weighted by Crippen LogP contribution is -3.16. The lowest BCUT2D eigenvalue weighted by molar-refractivity contribution is -0.897. The van der Waals surface area contributed by atoms with Gasteiger partial charge < -0.3 is 20.0 Å². The van der Waals surface area contributed by atoms with Crippen molar-refractivity contribution < 1.29 is 19.4 Å². The molecule has 1 aliphatic heterocycles. The third kappa shape index (κ3) is 7.69. The van der Waals surface area contributed by atoms with Crippen LogP contribution in [0.4, 0.5) is 0 Å². The Balaban J connectivity index is 1.72.